The number of rotatable bonds is 7. The first-order valence-electron chi connectivity index (χ1n) is 6.29. The highest BCUT2D eigenvalue weighted by atomic mass is 16.3. The van der Waals surface area contributed by atoms with E-state index in [2.05, 4.69) is 33.0 Å². The molecule has 0 radical (unpaired) electrons. The Morgan fingerprint density at radius 3 is 1.93 bits per heavy atom. The summed E-state index contributed by atoms with van der Waals surface area (Å²) in [7, 11) is 2.04. The molecule has 0 rings (SSSR count). The van der Waals surface area contributed by atoms with E-state index < -0.39 is 0 Å². The summed E-state index contributed by atoms with van der Waals surface area (Å²) in [6, 6.07) is 0.605. The maximum Gasteiger partial charge on any atom is 0.0540 e. The summed E-state index contributed by atoms with van der Waals surface area (Å²) in [5, 5.41) is 12.9. The molecule has 15 heavy (non-hydrogen) atoms. The molecule has 0 saturated heterocycles. The van der Waals surface area contributed by atoms with Gasteiger partial charge in [0.1, 0.15) is 0 Å². The van der Waals surface area contributed by atoms with Crippen molar-refractivity contribution in [1.82, 2.24) is 5.32 Å². The molecule has 2 N–H and O–H groups in total. The van der Waals surface area contributed by atoms with Gasteiger partial charge in [-0.15, -0.1) is 0 Å². The quantitative estimate of drug-likeness (QED) is 0.684. The summed E-state index contributed by atoms with van der Waals surface area (Å²) in [5.41, 5.74) is 0. The van der Waals surface area contributed by atoms with Crippen LogP contribution in [0.1, 0.15) is 47.5 Å². The van der Waals surface area contributed by atoms with Crippen LogP contribution in [-0.2, 0) is 0 Å². The van der Waals surface area contributed by atoms with Gasteiger partial charge in [-0.1, -0.05) is 27.7 Å². The monoisotopic (exact) mass is 215 g/mol. The number of hydrogen-bond donors (Lipinski definition) is 2. The summed E-state index contributed by atoms with van der Waals surface area (Å²) in [4.78, 5) is 0. The third-order valence-electron chi connectivity index (χ3n) is 3.90. The van der Waals surface area contributed by atoms with Gasteiger partial charge in [0.25, 0.3) is 0 Å². The van der Waals surface area contributed by atoms with E-state index in [4.69, 9.17) is 0 Å². The normalized spacial score (nSPS) is 21.8. The van der Waals surface area contributed by atoms with Gasteiger partial charge in [0.15, 0.2) is 0 Å². The topological polar surface area (TPSA) is 32.3 Å². The predicted octanol–water partition coefficient (Wildman–Crippen LogP) is 2.66. The molecular formula is C13H29NO. The van der Waals surface area contributed by atoms with Crippen LogP contribution in [0.3, 0.4) is 0 Å². The molecule has 0 aromatic carbocycles. The Morgan fingerprint density at radius 2 is 1.60 bits per heavy atom. The van der Waals surface area contributed by atoms with Crippen molar-refractivity contribution in [2.45, 2.75) is 59.6 Å². The highest BCUT2D eigenvalue weighted by Crippen LogP contribution is 2.25. The molecule has 0 spiro atoms. The van der Waals surface area contributed by atoms with Crippen molar-refractivity contribution >= 4 is 0 Å². The minimum Gasteiger partial charge on any atom is -0.393 e. The van der Waals surface area contributed by atoms with Gasteiger partial charge in [-0.2, -0.15) is 0 Å². The van der Waals surface area contributed by atoms with Gasteiger partial charge in [0.2, 0.25) is 0 Å². The van der Waals surface area contributed by atoms with Crippen molar-refractivity contribution in [1.29, 1.82) is 0 Å². The first-order chi connectivity index (χ1) is 6.93. The lowest BCUT2D eigenvalue weighted by Gasteiger charge is -2.29. The second-order valence-electron chi connectivity index (χ2n) is 5.09. The second-order valence-corrected chi connectivity index (χ2v) is 5.09. The fraction of sp³-hybridized carbons (Fsp3) is 1.00. The Labute approximate surface area is 95.5 Å². The second kappa shape index (κ2) is 7.24. The zero-order valence-corrected chi connectivity index (χ0v) is 11.2. The fourth-order valence-electron chi connectivity index (χ4n) is 2.33. The van der Waals surface area contributed by atoms with Gasteiger partial charge >= 0.3 is 0 Å². The summed E-state index contributed by atoms with van der Waals surface area (Å²) in [5.74, 6) is 1.65. The summed E-state index contributed by atoms with van der Waals surface area (Å²) in [6.07, 6.45) is 2.17. The molecule has 0 aliphatic carbocycles. The van der Waals surface area contributed by atoms with Crippen LogP contribution in [0.4, 0.5) is 0 Å². The zero-order valence-electron chi connectivity index (χ0n) is 11.2. The van der Waals surface area contributed by atoms with E-state index in [1.807, 2.05) is 14.0 Å². The van der Waals surface area contributed by atoms with Crippen LogP contribution >= 0.6 is 0 Å². The Bertz CT molecular complexity index is 149. The van der Waals surface area contributed by atoms with Crippen LogP contribution in [0, 0.1) is 17.8 Å². The Hall–Kier alpha value is -0.0800. The van der Waals surface area contributed by atoms with E-state index >= 15 is 0 Å². The summed E-state index contributed by atoms with van der Waals surface area (Å²) < 4.78 is 0. The lowest BCUT2D eigenvalue weighted by Crippen LogP contribution is -2.33. The van der Waals surface area contributed by atoms with Gasteiger partial charge in [-0.25, -0.2) is 0 Å². The smallest absolute Gasteiger partial charge is 0.0540 e. The van der Waals surface area contributed by atoms with Crippen molar-refractivity contribution in [3.8, 4) is 0 Å². The third-order valence-corrected chi connectivity index (χ3v) is 3.90. The Morgan fingerprint density at radius 1 is 1.07 bits per heavy atom. The van der Waals surface area contributed by atoms with Gasteiger partial charge in [-0.3, -0.25) is 0 Å². The average Bonchev–Trinajstić information content (AvgIpc) is 2.18. The van der Waals surface area contributed by atoms with Crippen molar-refractivity contribution in [3.05, 3.63) is 0 Å². The molecule has 0 aliphatic rings. The van der Waals surface area contributed by atoms with Crippen LogP contribution in [0.5, 0.6) is 0 Å². The van der Waals surface area contributed by atoms with Gasteiger partial charge in [0.05, 0.1) is 6.10 Å². The molecule has 0 heterocycles. The maximum atomic E-state index is 9.54. The van der Waals surface area contributed by atoms with Crippen molar-refractivity contribution in [2.24, 2.45) is 17.8 Å². The van der Waals surface area contributed by atoms with Gasteiger partial charge in [0, 0.05) is 6.04 Å². The minimum atomic E-state index is -0.193. The number of aliphatic hydroxyl groups excluding tert-OH is 1. The standard InChI is InChI=1S/C13H29NO/c1-7-13(14-6)10(3)8-9(2)11(4)12(5)15/h9-15H,7-8H2,1-6H3. The fourth-order valence-corrected chi connectivity index (χ4v) is 2.33. The van der Waals surface area contributed by atoms with Crippen LogP contribution in [0.15, 0.2) is 0 Å². The molecular weight excluding hydrogens is 186 g/mol. The molecule has 5 atom stereocenters. The van der Waals surface area contributed by atoms with E-state index in [-0.39, 0.29) is 6.10 Å². The van der Waals surface area contributed by atoms with Crippen molar-refractivity contribution < 1.29 is 5.11 Å². The lowest BCUT2D eigenvalue weighted by atomic mass is 9.82. The molecule has 2 nitrogen and oxygen atoms in total. The Kier molecular flexibility index (Phi) is 7.20. The molecule has 0 fully saturated rings. The van der Waals surface area contributed by atoms with Crippen LogP contribution in [-0.4, -0.2) is 24.3 Å². The molecule has 5 unspecified atom stereocenters. The van der Waals surface area contributed by atoms with E-state index in [1.165, 1.54) is 12.8 Å². The van der Waals surface area contributed by atoms with Crippen molar-refractivity contribution in [2.75, 3.05) is 7.05 Å². The van der Waals surface area contributed by atoms with Gasteiger partial charge < -0.3 is 10.4 Å². The first-order valence-corrected chi connectivity index (χ1v) is 6.29. The maximum absolute atomic E-state index is 9.54. The van der Waals surface area contributed by atoms with E-state index in [0.29, 0.717) is 23.8 Å². The van der Waals surface area contributed by atoms with E-state index in [1.54, 1.807) is 0 Å². The van der Waals surface area contributed by atoms with E-state index in [9.17, 15) is 5.11 Å². The summed E-state index contributed by atoms with van der Waals surface area (Å²) in [6.45, 7) is 10.8. The molecule has 0 bridgehead atoms. The van der Waals surface area contributed by atoms with Crippen molar-refractivity contribution in [3.63, 3.8) is 0 Å². The Balaban J connectivity index is 4.09. The molecule has 92 valence electrons. The van der Waals surface area contributed by atoms with E-state index in [0.717, 1.165) is 0 Å². The molecule has 0 saturated carbocycles. The molecule has 2 heteroatoms. The van der Waals surface area contributed by atoms with Crippen LogP contribution in [0.25, 0.3) is 0 Å². The first kappa shape index (κ1) is 14.9. The molecule has 0 aliphatic heterocycles. The number of hydrogen-bond acceptors (Lipinski definition) is 2. The average molecular weight is 215 g/mol. The van der Waals surface area contributed by atoms with Crippen LogP contribution in [0.2, 0.25) is 0 Å². The summed E-state index contributed by atoms with van der Waals surface area (Å²) >= 11 is 0. The lowest BCUT2D eigenvalue weighted by molar-refractivity contribution is 0.0929. The largest absolute Gasteiger partial charge is 0.393 e. The zero-order chi connectivity index (χ0) is 12.0. The number of nitrogens with one attached hydrogen (secondary N) is 1. The molecule has 0 amide bonds. The SMILES string of the molecule is CCC(NC)C(C)CC(C)C(C)C(C)O. The molecule has 0 aromatic heterocycles. The third kappa shape index (κ3) is 4.98. The highest BCUT2D eigenvalue weighted by Gasteiger charge is 2.22. The predicted molar refractivity (Wildman–Crippen MR) is 66.9 cm³/mol. The molecule has 0 aromatic rings. The highest BCUT2D eigenvalue weighted by molar-refractivity contribution is 4.75. The van der Waals surface area contributed by atoms with Gasteiger partial charge in [-0.05, 0) is 44.6 Å². The minimum absolute atomic E-state index is 0.193. The number of aliphatic hydroxyl groups is 1. The van der Waals surface area contributed by atoms with Crippen LogP contribution < -0.4 is 5.32 Å².